The summed E-state index contributed by atoms with van der Waals surface area (Å²) < 4.78 is 5.41. The third-order valence-electron chi connectivity index (χ3n) is 2.26. The molecule has 0 bridgehead atoms. The standard InChI is InChI=1S/C14H18ClNO2/c1-2-3-8-16-9-14(17)11-18-10-12-4-6-13(15)7-5-12/h4-7,14,16-17H,8-11H2,1H3. The highest BCUT2D eigenvalue weighted by Gasteiger charge is 2.03. The van der Waals surface area contributed by atoms with Gasteiger partial charge in [-0.25, -0.2) is 0 Å². The largest absolute Gasteiger partial charge is 0.389 e. The molecule has 2 N–H and O–H groups in total. The van der Waals surface area contributed by atoms with Crippen LogP contribution in [0.1, 0.15) is 12.5 Å². The van der Waals surface area contributed by atoms with E-state index in [0.29, 0.717) is 31.3 Å². The highest BCUT2D eigenvalue weighted by atomic mass is 35.5. The molecule has 0 saturated carbocycles. The monoisotopic (exact) mass is 267 g/mol. The van der Waals surface area contributed by atoms with Crippen molar-refractivity contribution in [3.05, 3.63) is 34.9 Å². The van der Waals surface area contributed by atoms with E-state index >= 15 is 0 Å². The van der Waals surface area contributed by atoms with Gasteiger partial charge in [-0.2, -0.15) is 0 Å². The molecule has 0 aliphatic heterocycles. The molecule has 0 radical (unpaired) electrons. The average Bonchev–Trinajstić information content (AvgIpc) is 2.37. The molecule has 3 nitrogen and oxygen atoms in total. The lowest BCUT2D eigenvalue weighted by atomic mass is 10.2. The van der Waals surface area contributed by atoms with Crippen molar-refractivity contribution in [3.63, 3.8) is 0 Å². The van der Waals surface area contributed by atoms with E-state index in [9.17, 15) is 5.11 Å². The maximum absolute atomic E-state index is 9.61. The lowest BCUT2D eigenvalue weighted by Crippen LogP contribution is -2.30. The minimum atomic E-state index is -0.518. The van der Waals surface area contributed by atoms with E-state index in [1.807, 2.05) is 24.3 Å². The van der Waals surface area contributed by atoms with Crippen LogP contribution in [0.3, 0.4) is 0 Å². The molecule has 1 aromatic carbocycles. The fraction of sp³-hybridized carbons (Fsp3) is 0.429. The van der Waals surface area contributed by atoms with Gasteiger partial charge in [0.25, 0.3) is 0 Å². The smallest absolute Gasteiger partial charge is 0.0898 e. The minimum absolute atomic E-state index is 0.301. The highest BCUT2D eigenvalue weighted by Crippen LogP contribution is 2.10. The van der Waals surface area contributed by atoms with Gasteiger partial charge in [-0.05, 0) is 24.6 Å². The Bertz CT molecular complexity index is 394. The first kappa shape index (κ1) is 15.0. The average molecular weight is 268 g/mol. The molecular formula is C14H18ClNO2. The quantitative estimate of drug-likeness (QED) is 0.585. The van der Waals surface area contributed by atoms with Crippen LogP contribution in [-0.2, 0) is 11.3 Å². The Morgan fingerprint density at radius 3 is 2.78 bits per heavy atom. The summed E-state index contributed by atoms with van der Waals surface area (Å²) in [6, 6.07) is 7.46. The summed E-state index contributed by atoms with van der Waals surface area (Å²) >= 11 is 5.78. The Morgan fingerprint density at radius 1 is 1.39 bits per heavy atom. The molecule has 0 aliphatic carbocycles. The molecule has 0 fully saturated rings. The van der Waals surface area contributed by atoms with Crippen LogP contribution >= 0.6 is 11.6 Å². The summed E-state index contributed by atoms with van der Waals surface area (Å²) in [6.45, 7) is 3.63. The number of benzene rings is 1. The van der Waals surface area contributed by atoms with Gasteiger partial charge in [0.1, 0.15) is 0 Å². The number of aliphatic hydroxyl groups is 1. The summed E-state index contributed by atoms with van der Waals surface area (Å²) in [6.07, 6.45) is -0.518. The summed E-state index contributed by atoms with van der Waals surface area (Å²) in [7, 11) is 0. The van der Waals surface area contributed by atoms with Crippen molar-refractivity contribution in [1.82, 2.24) is 5.32 Å². The predicted molar refractivity (Wildman–Crippen MR) is 73.4 cm³/mol. The lowest BCUT2D eigenvalue weighted by molar-refractivity contribution is 0.0294. The number of rotatable bonds is 7. The van der Waals surface area contributed by atoms with Crippen LogP contribution < -0.4 is 5.32 Å². The van der Waals surface area contributed by atoms with E-state index in [1.165, 1.54) is 0 Å². The molecule has 1 rings (SSSR count). The van der Waals surface area contributed by atoms with Gasteiger partial charge < -0.3 is 15.2 Å². The molecule has 0 heterocycles. The van der Waals surface area contributed by atoms with Crippen molar-refractivity contribution in [2.75, 3.05) is 19.7 Å². The molecule has 4 heteroatoms. The van der Waals surface area contributed by atoms with E-state index in [4.69, 9.17) is 16.3 Å². The van der Waals surface area contributed by atoms with Crippen molar-refractivity contribution >= 4 is 11.6 Å². The van der Waals surface area contributed by atoms with Crippen molar-refractivity contribution in [2.24, 2.45) is 0 Å². The maximum Gasteiger partial charge on any atom is 0.0898 e. The van der Waals surface area contributed by atoms with Gasteiger partial charge in [-0.3, -0.25) is 0 Å². The van der Waals surface area contributed by atoms with Gasteiger partial charge in [-0.1, -0.05) is 29.7 Å². The third-order valence-corrected chi connectivity index (χ3v) is 2.51. The fourth-order valence-corrected chi connectivity index (χ4v) is 1.47. The Balaban J connectivity index is 2.12. The first-order chi connectivity index (χ1) is 8.72. The number of halogens is 1. The highest BCUT2D eigenvalue weighted by molar-refractivity contribution is 6.30. The van der Waals surface area contributed by atoms with Gasteiger partial charge in [0.15, 0.2) is 0 Å². The number of hydrogen-bond donors (Lipinski definition) is 2. The van der Waals surface area contributed by atoms with Gasteiger partial charge in [0, 0.05) is 11.6 Å². The number of aliphatic hydroxyl groups excluding tert-OH is 1. The summed E-state index contributed by atoms with van der Waals surface area (Å²) in [5.41, 5.74) is 1.04. The molecule has 1 aromatic rings. The van der Waals surface area contributed by atoms with Crippen molar-refractivity contribution in [1.29, 1.82) is 0 Å². The SMILES string of the molecule is CC#CCNCC(O)COCc1ccc(Cl)cc1. The second-order valence-electron chi connectivity index (χ2n) is 3.85. The van der Waals surface area contributed by atoms with Crippen LogP contribution in [0.25, 0.3) is 0 Å². The van der Waals surface area contributed by atoms with E-state index in [0.717, 1.165) is 5.56 Å². The van der Waals surface area contributed by atoms with Crippen LogP contribution in [-0.4, -0.2) is 30.9 Å². The number of nitrogens with one attached hydrogen (secondary N) is 1. The number of ether oxygens (including phenoxy) is 1. The van der Waals surface area contributed by atoms with Gasteiger partial charge in [0.2, 0.25) is 0 Å². The van der Waals surface area contributed by atoms with E-state index in [1.54, 1.807) is 6.92 Å². The summed E-state index contributed by atoms with van der Waals surface area (Å²) in [4.78, 5) is 0. The van der Waals surface area contributed by atoms with Crippen LogP contribution in [0.4, 0.5) is 0 Å². The van der Waals surface area contributed by atoms with Crippen LogP contribution in [0.15, 0.2) is 24.3 Å². The van der Waals surface area contributed by atoms with E-state index in [-0.39, 0.29) is 0 Å². The zero-order valence-corrected chi connectivity index (χ0v) is 11.2. The molecule has 0 amide bonds. The van der Waals surface area contributed by atoms with Gasteiger partial charge in [-0.15, -0.1) is 5.92 Å². The zero-order chi connectivity index (χ0) is 13.2. The van der Waals surface area contributed by atoms with Crippen molar-refractivity contribution in [2.45, 2.75) is 19.6 Å². The maximum atomic E-state index is 9.61. The Hall–Kier alpha value is -1.05. The van der Waals surface area contributed by atoms with Crippen LogP contribution in [0.2, 0.25) is 5.02 Å². The first-order valence-electron chi connectivity index (χ1n) is 5.83. The predicted octanol–water partition coefficient (Wildman–Crippen LogP) is 1.83. The van der Waals surface area contributed by atoms with Gasteiger partial charge in [0.05, 0.1) is 25.9 Å². The fourth-order valence-electron chi connectivity index (χ4n) is 1.34. The van der Waals surface area contributed by atoms with Crippen molar-refractivity contribution in [3.8, 4) is 11.8 Å². The topological polar surface area (TPSA) is 41.5 Å². The second-order valence-corrected chi connectivity index (χ2v) is 4.29. The molecule has 98 valence electrons. The molecular weight excluding hydrogens is 250 g/mol. The molecule has 0 saturated heterocycles. The Kier molecular flexibility index (Phi) is 7.47. The Labute approximate surface area is 113 Å². The van der Waals surface area contributed by atoms with Gasteiger partial charge >= 0.3 is 0 Å². The summed E-state index contributed by atoms with van der Waals surface area (Å²) in [5, 5.41) is 13.3. The minimum Gasteiger partial charge on any atom is -0.389 e. The zero-order valence-electron chi connectivity index (χ0n) is 10.4. The third kappa shape index (κ3) is 6.63. The normalized spacial score (nSPS) is 11.7. The van der Waals surface area contributed by atoms with Crippen molar-refractivity contribution < 1.29 is 9.84 Å². The first-order valence-corrected chi connectivity index (χ1v) is 6.20. The molecule has 0 spiro atoms. The summed E-state index contributed by atoms with van der Waals surface area (Å²) in [5.74, 6) is 5.64. The molecule has 1 atom stereocenters. The van der Waals surface area contributed by atoms with E-state index in [2.05, 4.69) is 17.2 Å². The lowest BCUT2D eigenvalue weighted by Gasteiger charge is -2.11. The molecule has 18 heavy (non-hydrogen) atoms. The van der Waals surface area contributed by atoms with E-state index < -0.39 is 6.10 Å². The van der Waals surface area contributed by atoms with Crippen LogP contribution in [0, 0.1) is 11.8 Å². The molecule has 0 aromatic heterocycles. The molecule has 1 unspecified atom stereocenters. The second kappa shape index (κ2) is 8.96. The number of hydrogen-bond acceptors (Lipinski definition) is 3. The molecule has 0 aliphatic rings. The Morgan fingerprint density at radius 2 is 2.11 bits per heavy atom. The van der Waals surface area contributed by atoms with Crippen LogP contribution in [0.5, 0.6) is 0 Å².